The number of likely N-dealkylation sites (N-methyl/N-ethyl adjacent to an activating group) is 1. The highest BCUT2D eigenvalue weighted by molar-refractivity contribution is 5.78. The van der Waals surface area contributed by atoms with E-state index >= 15 is 0 Å². The van der Waals surface area contributed by atoms with Crippen LogP contribution in [0.15, 0.2) is 0 Å². The highest BCUT2D eigenvalue weighted by Gasteiger charge is 2.52. The molecule has 23 heavy (non-hydrogen) atoms. The molecule has 0 atom stereocenters. The van der Waals surface area contributed by atoms with E-state index in [1.807, 2.05) is 0 Å². The van der Waals surface area contributed by atoms with Crippen LogP contribution in [-0.4, -0.2) is 36.0 Å². The van der Waals surface area contributed by atoms with Crippen LogP contribution in [0, 0.1) is 17.8 Å². The van der Waals surface area contributed by atoms with Crippen molar-refractivity contribution >= 4 is 5.91 Å². The van der Waals surface area contributed by atoms with Gasteiger partial charge in [-0.3, -0.25) is 9.69 Å². The van der Waals surface area contributed by atoms with Gasteiger partial charge >= 0.3 is 0 Å². The summed E-state index contributed by atoms with van der Waals surface area (Å²) in [5, 5.41) is 3.34. The van der Waals surface area contributed by atoms with Gasteiger partial charge in [-0.25, -0.2) is 0 Å². The minimum atomic E-state index is 0.273. The van der Waals surface area contributed by atoms with Crippen molar-refractivity contribution in [2.45, 2.75) is 88.6 Å². The molecule has 0 aromatic heterocycles. The van der Waals surface area contributed by atoms with E-state index in [0.29, 0.717) is 18.1 Å². The maximum absolute atomic E-state index is 12.6. The SMILES string of the molecule is CN(CC(=O)NC1CCCCCC1)C12CC3CC(CC(C3)C1)C2. The normalized spacial score (nSPS) is 40.3. The van der Waals surface area contributed by atoms with Gasteiger partial charge in [-0.05, 0) is 76.2 Å². The second-order valence-corrected chi connectivity index (χ2v) is 9.25. The topological polar surface area (TPSA) is 32.3 Å². The summed E-state index contributed by atoms with van der Waals surface area (Å²) in [6.07, 6.45) is 16.1. The predicted octanol–water partition coefficient (Wildman–Crippen LogP) is 3.73. The Labute approximate surface area is 141 Å². The van der Waals surface area contributed by atoms with Crippen LogP contribution < -0.4 is 5.32 Å². The minimum absolute atomic E-state index is 0.273. The Hall–Kier alpha value is -0.570. The van der Waals surface area contributed by atoms with Crippen LogP contribution in [-0.2, 0) is 4.79 Å². The number of hydrogen-bond acceptors (Lipinski definition) is 2. The number of carbonyl (C=O) groups excluding carboxylic acids is 1. The van der Waals surface area contributed by atoms with Gasteiger partial charge in [-0.2, -0.15) is 0 Å². The third-order valence-electron chi connectivity index (χ3n) is 7.42. The van der Waals surface area contributed by atoms with E-state index in [9.17, 15) is 4.79 Å². The average Bonchev–Trinajstić information content (AvgIpc) is 2.74. The maximum atomic E-state index is 12.6. The molecular weight excluding hydrogens is 284 g/mol. The van der Waals surface area contributed by atoms with Crippen molar-refractivity contribution < 1.29 is 4.79 Å². The molecule has 5 aliphatic carbocycles. The molecule has 1 amide bonds. The second-order valence-electron chi connectivity index (χ2n) is 9.25. The summed E-state index contributed by atoms with van der Waals surface area (Å²) < 4.78 is 0. The molecule has 4 bridgehead atoms. The second kappa shape index (κ2) is 6.38. The van der Waals surface area contributed by atoms with Gasteiger partial charge in [0.25, 0.3) is 0 Å². The summed E-state index contributed by atoms with van der Waals surface area (Å²) in [7, 11) is 2.22. The van der Waals surface area contributed by atoms with Crippen LogP contribution >= 0.6 is 0 Å². The van der Waals surface area contributed by atoms with Crippen molar-refractivity contribution in [2.75, 3.05) is 13.6 Å². The molecule has 1 N–H and O–H groups in total. The Morgan fingerprint density at radius 2 is 1.48 bits per heavy atom. The minimum Gasteiger partial charge on any atom is -0.352 e. The molecule has 130 valence electrons. The van der Waals surface area contributed by atoms with Gasteiger partial charge in [0.15, 0.2) is 0 Å². The third kappa shape index (κ3) is 3.31. The first-order valence-corrected chi connectivity index (χ1v) is 10.1. The smallest absolute Gasteiger partial charge is 0.234 e. The first kappa shape index (κ1) is 15.9. The average molecular weight is 319 g/mol. The molecule has 0 unspecified atom stereocenters. The van der Waals surface area contributed by atoms with Crippen molar-refractivity contribution in [3.8, 4) is 0 Å². The summed E-state index contributed by atoms with van der Waals surface area (Å²) in [5.74, 6) is 3.13. The van der Waals surface area contributed by atoms with E-state index in [2.05, 4.69) is 17.3 Å². The van der Waals surface area contributed by atoms with Gasteiger partial charge < -0.3 is 5.32 Å². The first-order valence-electron chi connectivity index (χ1n) is 10.1. The zero-order valence-electron chi connectivity index (χ0n) is 14.9. The van der Waals surface area contributed by atoms with E-state index in [4.69, 9.17) is 0 Å². The number of nitrogens with one attached hydrogen (secondary N) is 1. The fourth-order valence-corrected chi connectivity index (χ4v) is 6.61. The van der Waals surface area contributed by atoms with Crippen molar-refractivity contribution in [2.24, 2.45) is 17.8 Å². The number of hydrogen-bond donors (Lipinski definition) is 1. The summed E-state index contributed by atoms with van der Waals surface area (Å²) in [6.45, 7) is 0.614. The van der Waals surface area contributed by atoms with Gasteiger partial charge in [-0.15, -0.1) is 0 Å². The standard InChI is InChI=1S/C20H34N2O/c1-22(14-19(23)21-18-6-4-2-3-5-7-18)20-11-15-8-16(12-20)10-17(9-15)13-20/h15-18H,2-14H2,1H3,(H,21,23). The van der Waals surface area contributed by atoms with Gasteiger partial charge in [0.1, 0.15) is 0 Å². The summed E-state index contributed by atoms with van der Waals surface area (Å²) in [4.78, 5) is 15.0. The van der Waals surface area contributed by atoms with Gasteiger partial charge in [-0.1, -0.05) is 25.7 Å². The zero-order valence-corrected chi connectivity index (χ0v) is 14.9. The molecular formula is C20H34N2O. The first-order chi connectivity index (χ1) is 11.1. The molecule has 0 radical (unpaired) electrons. The molecule has 0 heterocycles. The molecule has 3 heteroatoms. The molecule has 5 rings (SSSR count). The lowest BCUT2D eigenvalue weighted by Gasteiger charge is -2.59. The van der Waals surface area contributed by atoms with Crippen LogP contribution in [0.5, 0.6) is 0 Å². The quantitative estimate of drug-likeness (QED) is 0.801. The maximum Gasteiger partial charge on any atom is 0.234 e. The number of nitrogens with zero attached hydrogens (tertiary/aromatic N) is 1. The van der Waals surface area contributed by atoms with Gasteiger partial charge in [0.05, 0.1) is 6.54 Å². The van der Waals surface area contributed by atoms with Gasteiger partial charge in [0, 0.05) is 11.6 Å². The summed E-state index contributed by atoms with van der Waals surface area (Å²) >= 11 is 0. The monoisotopic (exact) mass is 318 g/mol. The van der Waals surface area contributed by atoms with Crippen molar-refractivity contribution in [3.05, 3.63) is 0 Å². The fraction of sp³-hybridized carbons (Fsp3) is 0.950. The van der Waals surface area contributed by atoms with Crippen LogP contribution in [0.1, 0.15) is 77.0 Å². The molecule has 3 nitrogen and oxygen atoms in total. The largest absolute Gasteiger partial charge is 0.352 e. The third-order valence-corrected chi connectivity index (χ3v) is 7.42. The lowest BCUT2D eigenvalue weighted by Crippen LogP contribution is -2.60. The van der Waals surface area contributed by atoms with Gasteiger partial charge in [0.2, 0.25) is 5.91 Å². The fourth-order valence-electron chi connectivity index (χ4n) is 6.61. The van der Waals surface area contributed by atoms with E-state index in [1.165, 1.54) is 77.0 Å². The number of carbonyl (C=O) groups is 1. The van der Waals surface area contributed by atoms with Crippen LogP contribution in [0.3, 0.4) is 0 Å². The highest BCUT2D eigenvalue weighted by Crippen LogP contribution is 2.57. The molecule has 0 saturated heterocycles. The van der Waals surface area contributed by atoms with E-state index in [1.54, 1.807) is 0 Å². The van der Waals surface area contributed by atoms with Crippen LogP contribution in [0.4, 0.5) is 0 Å². The van der Waals surface area contributed by atoms with Crippen LogP contribution in [0.25, 0.3) is 0 Å². The highest BCUT2D eigenvalue weighted by atomic mass is 16.2. The molecule has 5 saturated carbocycles. The molecule has 0 aromatic rings. The summed E-state index contributed by atoms with van der Waals surface area (Å²) in [6, 6.07) is 0.440. The molecule has 0 aromatic carbocycles. The number of amides is 1. The Balaban J connectivity index is 1.34. The van der Waals surface area contributed by atoms with Crippen molar-refractivity contribution in [1.82, 2.24) is 10.2 Å². The van der Waals surface area contributed by atoms with E-state index in [0.717, 1.165) is 17.8 Å². The molecule has 0 aliphatic heterocycles. The molecule has 0 spiro atoms. The number of rotatable bonds is 4. The Morgan fingerprint density at radius 3 is 2.00 bits per heavy atom. The lowest BCUT2D eigenvalue weighted by atomic mass is 9.52. The Kier molecular flexibility index (Phi) is 4.42. The molecule has 5 fully saturated rings. The van der Waals surface area contributed by atoms with E-state index < -0.39 is 0 Å². The van der Waals surface area contributed by atoms with E-state index in [-0.39, 0.29) is 5.91 Å². The van der Waals surface area contributed by atoms with Crippen molar-refractivity contribution in [3.63, 3.8) is 0 Å². The lowest BCUT2D eigenvalue weighted by molar-refractivity contribution is -0.129. The zero-order chi connectivity index (χ0) is 15.9. The van der Waals surface area contributed by atoms with Crippen LogP contribution in [0.2, 0.25) is 0 Å². The summed E-state index contributed by atoms with van der Waals surface area (Å²) in [5.41, 5.74) is 0.357. The van der Waals surface area contributed by atoms with Crippen molar-refractivity contribution in [1.29, 1.82) is 0 Å². The Morgan fingerprint density at radius 1 is 0.957 bits per heavy atom. The Bertz CT molecular complexity index is 404. The molecule has 5 aliphatic rings. The predicted molar refractivity (Wildman–Crippen MR) is 93.2 cm³/mol.